The van der Waals surface area contributed by atoms with Gasteiger partial charge in [0.25, 0.3) is 0 Å². The Morgan fingerprint density at radius 3 is 2.89 bits per heavy atom. The Bertz CT molecular complexity index is 120. The number of allylic oxidation sites excluding steroid dienone is 2. The fourth-order valence-electron chi connectivity index (χ4n) is 0.772. The summed E-state index contributed by atoms with van der Waals surface area (Å²) in [6.45, 7) is 4.87. The van der Waals surface area contributed by atoms with E-state index in [4.69, 9.17) is 4.84 Å². The zero-order chi connectivity index (χ0) is 6.69. The van der Waals surface area contributed by atoms with Crippen LogP contribution in [0.15, 0.2) is 11.8 Å². The third-order valence-electron chi connectivity index (χ3n) is 1.45. The van der Waals surface area contributed by atoms with E-state index in [1.165, 1.54) is 12.1 Å². The number of nitrogens with one attached hydrogen (secondary N) is 1. The molecule has 1 rings (SSSR count). The highest BCUT2D eigenvalue weighted by Gasteiger charge is 2.21. The van der Waals surface area contributed by atoms with Gasteiger partial charge in [-0.3, -0.25) is 10.3 Å². The summed E-state index contributed by atoms with van der Waals surface area (Å²) >= 11 is 0. The molecule has 2 nitrogen and oxygen atoms in total. The van der Waals surface area contributed by atoms with Crippen LogP contribution in [0.1, 0.15) is 20.3 Å². The summed E-state index contributed by atoms with van der Waals surface area (Å²) in [6, 6.07) is 0. The SMILES string of the molecule is CCONC1=CC1CC. The molecule has 1 aliphatic rings. The van der Waals surface area contributed by atoms with Crippen LogP contribution in [0.5, 0.6) is 0 Å². The fourth-order valence-corrected chi connectivity index (χ4v) is 0.772. The number of rotatable bonds is 4. The van der Waals surface area contributed by atoms with Crippen molar-refractivity contribution in [1.29, 1.82) is 0 Å². The van der Waals surface area contributed by atoms with E-state index in [0.717, 1.165) is 6.61 Å². The maximum absolute atomic E-state index is 4.97. The highest BCUT2D eigenvalue weighted by molar-refractivity contribution is 5.25. The monoisotopic (exact) mass is 127 g/mol. The molecule has 0 heterocycles. The van der Waals surface area contributed by atoms with Gasteiger partial charge in [0.2, 0.25) is 0 Å². The van der Waals surface area contributed by atoms with Crippen LogP contribution in [0.25, 0.3) is 0 Å². The highest BCUT2D eigenvalue weighted by atomic mass is 16.6. The van der Waals surface area contributed by atoms with E-state index < -0.39 is 0 Å². The standard InChI is InChI=1S/C7H13NO/c1-3-6-5-7(6)8-9-4-2/h5-6,8H,3-4H2,1-2H3. The topological polar surface area (TPSA) is 21.3 Å². The minimum atomic E-state index is 0.677. The second-order valence-electron chi connectivity index (χ2n) is 2.17. The largest absolute Gasteiger partial charge is 0.277 e. The molecule has 0 aliphatic heterocycles. The highest BCUT2D eigenvalue weighted by Crippen LogP contribution is 2.28. The second-order valence-corrected chi connectivity index (χ2v) is 2.17. The van der Waals surface area contributed by atoms with Gasteiger partial charge in [-0.05, 0) is 13.3 Å². The van der Waals surface area contributed by atoms with Crippen LogP contribution in [0.2, 0.25) is 0 Å². The van der Waals surface area contributed by atoms with Crippen molar-refractivity contribution in [1.82, 2.24) is 5.48 Å². The molecule has 0 spiro atoms. The van der Waals surface area contributed by atoms with E-state index in [1.54, 1.807) is 0 Å². The van der Waals surface area contributed by atoms with Crippen molar-refractivity contribution < 1.29 is 4.84 Å². The lowest BCUT2D eigenvalue weighted by atomic mass is 10.3. The maximum atomic E-state index is 4.97. The summed E-state index contributed by atoms with van der Waals surface area (Å²) in [6.07, 6.45) is 3.37. The first kappa shape index (κ1) is 6.62. The molecule has 0 fully saturated rings. The molecule has 0 radical (unpaired) electrons. The van der Waals surface area contributed by atoms with Crippen LogP contribution >= 0.6 is 0 Å². The fraction of sp³-hybridized carbons (Fsp3) is 0.714. The van der Waals surface area contributed by atoms with Gasteiger partial charge >= 0.3 is 0 Å². The first-order chi connectivity index (χ1) is 4.38. The summed E-state index contributed by atoms with van der Waals surface area (Å²) < 4.78 is 0. The smallest absolute Gasteiger partial charge is 0.0717 e. The molecular weight excluding hydrogens is 114 g/mol. The van der Waals surface area contributed by atoms with Crippen LogP contribution < -0.4 is 5.48 Å². The van der Waals surface area contributed by atoms with Crippen molar-refractivity contribution in [2.24, 2.45) is 5.92 Å². The molecule has 1 unspecified atom stereocenters. The molecule has 0 bridgehead atoms. The van der Waals surface area contributed by atoms with E-state index in [2.05, 4.69) is 18.5 Å². The minimum Gasteiger partial charge on any atom is -0.277 e. The molecule has 1 N–H and O–H groups in total. The molecule has 0 saturated heterocycles. The van der Waals surface area contributed by atoms with Crippen LogP contribution in [-0.4, -0.2) is 6.61 Å². The quantitative estimate of drug-likeness (QED) is 0.577. The van der Waals surface area contributed by atoms with E-state index in [1.807, 2.05) is 6.92 Å². The zero-order valence-corrected chi connectivity index (χ0v) is 5.98. The van der Waals surface area contributed by atoms with Crippen molar-refractivity contribution in [3.8, 4) is 0 Å². The third kappa shape index (κ3) is 1.72. The number of hydrogen-bond donors (Lipinski definition) is 1. The Labute approximate surface area is 55.9 Å². The molecule has 52 valence electrons. The van der Waals surface area contributed by atoms with Gasteiger partial charge in [-0.1, -0.05) is 13.0 Å². The predicted molar refractivity (Wildman–Crippen MR) is 36.6 cm³/mol. The molecule has 1 aliphatic carbocycles. The van der Waals surface area contributed by atoms with Crippen LogP contribution in [0, 0.1) is 5.92 Å². The summed E-state index contributed by atoms with van der Waals surface area (Å²) in [5.41, 5.74) is 4.12. The lowest BCUT2D eigenvalue weighted by Crippen LogP contribution is -2.09. The van der Waals surface area contributed by atoms with Crippen molar-refractivity contribution >= 4 is 0 Å². The molecule has 0 amide bonds. The summed E-state index contributed by atoms with van der Waals surface area (Å²) in [5.74, 6) is 0.677. The number of hydroxylamine groups is 1. The molecule has 0 aromatic carbocycles. The summed E-state index contributed by atoms with van der Waals surface area (Å²) in [4.78, 5) is 4.97. The Morgan fingerprint density at radius 1 is 1.67 bits per heavy atom. The average Bonchev–Trinajstić information content (AvgIpc) is 2.62. The van der Waals surface area contributed by atoms with Crippen molar-refractivity contribution in [3.05, 3.63) is 11.8 Å². The van der Waals surface area contributed by atoms with Crippen LogP contribution in [-0.2, 0) is 4.84 Å². The first-order valence-corrected chi connectivity index (χ1v) is 3.48. The predicted octanol–water partition coefficient (Wildman–Crippen LogP) is 1.45. The number of hydrogen-bond acceptors (Lipinski definition) is 2. The Balaban J connectivity index is 1.98. The van der Waals surface area contributed by atoms with Gasteiger partial charge in [0.05, 0.1) is 6.61 Å². The minimum absolute atomic E-state index is 0.677. The van der Waals surface area contributed by atoms with Gasteiger partial charge < -0.3 is 0 Å². The van der Waals surface area contributed by atoms with Crippen molar-refractivity contribution in [2.45, 2.75) is 20.3 Å². The Kier molecular flexibility index (Phi) is 2.11. The average molecular weight is 127 g/mol. The van der Waals surface area contributed by atoms with Gasteiger partial charge in [-0.15, -0.1) is 0 Å². The molecule has 0 aromatic heterocycles. The molecular formula is C7H13NO. The third-order valence-corrected chi connectivity index (χ3v) is 1.45. The van der Waals surface area contributed by atoms with E-state index in [-0.39, 0.29) is 0 Å². The Hall–Kier alpha value is -0.500. The van der Waals surface area contributed by atoms with Crippen LogP contribution in [0.3, 0.4) is 0 Å². The Morgan fingerprint density at radius 2 is 2.44 bits per heavy atom. The van der Waals surface area contributed by atoms with Gasteiger partial charge in [0.1, 0.15) is 0 Å². The van der Waals surface area contributed by atoms with Crippen molar-refractivity contribution in [3.63, 3.8) is 0 Å². The molecule has 1 atom stereocenters. The normalized spacial score (nSPS) is 23.3. The lowest BCUT2D eigenvalue weighted by molar-refractivity contribution is 0.0743. The van der Waals surface area contributed by atoms with Gasteiger partial charge in [0.15, 0.2) is 0 Å². The van der Waals surface area contributed by atoms with Gasteiger partial charge in [-0.2, -0.15) is 0 Å². The molecule has 9 heavy (non-hydrogen) atoms. The lowest BCUT2D eigenvalue weighted by Gasteiger charge is -1.99. The first-order valence-electron chi connectivity index (χ1n) is 3.48. The van der Waals surface area contributed by atoms with Gasteiger partial charge in [-0.25, -0.2) is 0 Å². The zero-order valence-electron chi connectivity index (χ0n) is 5.98. The molecule has 2 heteroatoms. The maximum Gasteiger partial charge on any atom is 0.0717 e. The molecule has 0 saturated carbocycles. The van der Waals surface area contributed by atoms with E-state index in [9.17, 15) is 0 Å². The summed E-state index contributed by atoms with van der Waals surface area (Å²) in [5, 5.41) is 0. The molecule has 0 aromatic rings. The van der Waals surface area contributed by atoms with Gasteiger partial charge in [0, 0.05) is 11.6 Å². The van der Waals surface area contributed by atoms with Crippen molar-refractivity contribution in [2.75, 3.05) is 6.61 Å². The summed E-state index contributed by atoms with van der Waals surface area (Å²) in [7, 11) is 0. The van der Waals surface area contributed by atoms with E-state index in [0.29, 0.717) is 5.92 Å². The second kappa shape index (κ2) is 2.87. The van der Waals surface area contributed by atoms with E-state index >= 15 is 0 Å². The van der Waals surface area contributed by atoms with Crippen LogP contribution in [0.4, 0.5) is 0 Å².